The second-order valence-corrected chi connectivity index (χ2v) is 6.28. The van der Waals surface area contributed by atoms with Crippen molar-refractivity contribution in [2.75, 3.05) is 0 Å². The number of alkyl halides is 1. The number of halogens is 1. The van der Waals surface area contributed by atoms with E-state index < -0.39 is 6.17 Å². The second kappa shape index (κ2) is 6.23. The van der Waals surface area contributed by atoms with Crippen LogP contribution in [0.25, 0.3) is 16.9 Å². The summed E-state index contributed by atoms with van der Waals surface area (Å²) in [6.45, 7) is 3.91. The number of benzene rings is 1. The third kappa shape index (κ3) is 2.42. The fourth-order valence-electron chi connectivity index (χ4n) is 3.30. The van der Waals surface area contributed by atoms with Gasteiger partial charge in [-0.25, -0.2) is 9.07 Å². The molecule has 0 bridgehead atoms. The highest BCUT2D eigenvalue weighted by molar-refractivity contribution is 5.85. The molecule has 2 aromatic heterocycles. The van der Waals surface area contributed by atoms with Crippen molar-refractivity contribution in [3.8, 4) is 12.0 Å². The van der Waals surface area contributed by atoms with E-state index in [-0.39, 0.29) is 6.04 Å². The molecule has 1 aliphatic rings. The van der Waals surface area contributed by atoms with Gasteiger partial charge in [0, 0.05) is 11.8 Å². The first-order valence-electron chi connectivity index (χ1n) is 8.41. The minimum absolute atomic E-state index is 0.158. The number of nitrogens with zero attached hydrogens (tertiary/aromatic N) is 6. The Morgan fingerprint density at radius 2 is 2.27 bits per heavy atom. The van der Waals surface area contributed by atoms with Gasteiger partial charge in [0.15, 0.2) is 12.0 Å². The summed E-state index contributed by atoms with van der Waals surface area (Å²) < 4.78 is 17.7. The van der Waals surface area contributed by atoms with Crippen LogP contribution in [0.15, 0.2) is 48.2 Å². The molecule has 0 saturated heterocycles. The van der Waals surface area contributed by atoms with Crippen molar-refractivity contribution >= 4 is 10.9 Å². The monoisotopic (exact) mass is 348 g/mol. The SMILES string of the molecule is C/C=C\C=C(/C)C1CC(F)c2nc(-n3ncc4c(C#N)cccc43)nn21. The summed E-state index contributed by atoms with van der Waals surface area (Å²) >= 11 is 0. The molecule has 0 aliphatic carbocycles. The Labute approximate surface area is 149 Å². The molecule has 1 aliphatic heterocycles. The molecular weight excluding hydrogens is 331 g/mol. The lowest BCUT2D eigenvalue weighted by atomic mass is 10.1. The van der Waals surface area contributed by atoms with Crippen LogP contribution in [0, 0.1) is 11.3 Å². The van der Waals surface area contributed by atoms with Gasteiger partial charge in [-0.2, -0.15) is 20.0 Å². The third-order valence-corrected chi connectivity index (χ3v) is 4.65. The van der Waals surface area contributed by atoms with Crippen LogP contribution >= 0.6 is 0 Å². The topological polar surface area (TPSA) is 72.3 Å². The summed E-state index contributed by atoms with van der Waals surface area (Å²) in [5.74, 6) is 0.634. The molecule has 6 nitrogen and oxygen atoms in total. The summed E-state index contributed by atoms with van der Waals surface area (Å²) in [6.07, 6.45) is 6.63. The van der Waals surface area contributed by atoms with Crippen LogP contribution in [0.3, 0.4) is 0 Å². The summed E-state index contributed by atoms with van der Waals surface area (Å²) in [4.78, 5) is 4.38. The Morgan fingerprint density at radius 3 is 3.04 bits per heavy atom. The van der Waals surface area contributed by atoms with Crippen LogP contribution in [0.1, 0.15) is 43.9 Å². The van der Waals surface area contributed by atoms with Gasteiger partial charge in [-0.1, -0.05) is 24.3 Å². The van der Waals surface area contributed by atoms with Crippen molar-refractivity contribution in [1.29, 1.82) is 5.26 Å². The van der Waals surface area contributed by atoms with Crippen molar-refractivity contribution in [2.45, 2.75) is 32.5 Å². The van der Waals surface area contributed by atoms with Gasteiger partial charge < -0.3 is 0 Å². The molecule has 7 heteroatoms. The molecule has 0 amide bonds. The minimum atomic E-state index is -1.16. The van der Waals surface area contributed by atoms with Crippen molar-refractivity contribution in [1.82, 2.24) is 24.5 Å². The maximum Gasteiger partial charge on any atom is 0.270 e. The standard InChI is InChI=1S/C19H17FN6/c1-3-4-6-12(2)17-9-15(20)18-23-19(24-25(17)18)26-16-8-5-7-13(10-21)14(16)11-22-26/h3-8,11,15,17H,9H2,1-2H3/b4-3-,12-6+. The molecule has 3 heterocycles. The lowest BCUT2D eigenvalue weighted by Gasteiger charge is -2.11. The molecule has 0 saturated carbocycles. The van der Waals surface area contributed by atoms with E-state index in [1.54, 1.807) is 27.7 Å². The molecule has 0 spiro atoms. The summed E-state index contributed by atoms with van der Waals surface area (Å²) in [5.41, 5.74) is 2.28. The van der Waals surface area contributed by atoms with Gasteiger partial charge in [-0.15, -0.1) is 5.10 Å². The molecule has 2 unspecified atom stereocenters. The number of nitriles is 1. The maximum absolute atomic E-state index is 14.5. The predicted molar refractivity (Wildman–Crippen MR) is 95.4 cm³/mol. The van der Waals surface area contributed by atoms with E-state index in [2.05, 4.69) is 21.3 Å². The van der Waals surface area contributed by atoms with Gasteiger partial charge in [-0.3, -0.25) is 0 Å². The predicted octanol–water partition coefficient (Wildman–Crippen LogP) is 3.97. The van der Waals surface area contributed by atoms with E-state index >= 15 is 0 Å². The van der Waals surface area contributed by atoms with Gasteiger partial charge >= 0.3 is 0 Å². The number of fused-ring (bicyclic) bond motifs is 2. The van der Waals surface area contributed by atoms with Crippen LogP contribution in [-0.4, -0.2) is 24.5 Å². The van der Waals surface area contributed by atoms with Gasteiger partial charge in [0.2, 0.25) is 0 Å². The average Bonchev–Trinajstić information content (AvgIpc) is 3.33. The number of hydrogen-bond donors (Lipinski definition) is 0. The van der Waals surface area contributed by atoms with E-state index in [1.807, 2.05) is 38.1 Å². The Hall–Kier alpha value is -3.27. The summed E-state index contributed by atoms with van der Waals surface area (Å²) in [7, 11) is 0. The largest absolute Gasteiger partial charge is 0.270 e. The number of aromatic nitrogens is 5. The highest BCUT2D eigenvalue weighted by atomic mass is 19.1. The first-order chi connectivity index (χ1) is 12.6. The van der Waals surface area contributed by atoms with Crippen LogP contribution in [0.2, 0.25) is 0 Å². The molecule has 0 fully saturated rings. The van der Waals surface area contributed by atoms with Crippen molar-refractivity contribution < 1.29 is 4.39 Å². The zero-order chi connectivity index (χ0) is 18.3. The molecule has 26 heavy (non-hydrogen) atoms. The van der Waals surface area contributed by atoms with Gasteiger partial charge in [0.05, 0.1) is 29.4 Å². The lowest BCUT2D eigenvalue weighted by Crippen LogP contribution is -2.08. The highest BCUT2D eigenvalue weighted by Gasteiger charge is 2.35. The zero-order valence-corrected chi connectivity index (χ0v) is 14.5. The van der Waals surface area contributed by atoms with Gasteiger partial charge in [-0.05, 0) is 31.6 Å². The Morgan fingerprint density at radius 1 is 1.42 bits per heavy atom. The first kappa shape index (κ1) is 16.2. The normalized spacial score (nSPS) is 20.0. The molecule has 3 aromatic rings. The smallest absolute Gasteiger partial charge is 0.239 e. The quantitative estimate of drug-likeness (QED) is 0.672. The van der Waals surface area contributed by atoms with Crippen LogP contribution in [0.4, 0.5) is 4.39 Å². The number of allylic oxidation sites excluding steroid dienone is 4. The Kier molecular flexibility index (Phi) is 3.88. The molecule has 130 valence electrons. The molecule has 1 aromatic carbocycles. The van der Waals surface area contributed by atoms with Crippen LogP contribution in [0.5, 0.6) is 0 Å². The number of rotatable bonds is 3. The van der Waals surface area contributed by atoms with Gasteiger partial charge in [0.25, 0.3) is 5.95 Å². The average molecular weight is 348 g/mol. The van der Waals surface area contributed by atoms with E-state index in [0.717, 1.165) is 16.5 Å². The van der Waals surface area contributed by atoms with E-state index in [1.165, 1.54) is 0 Å². The summed E-state index contributed by atoms with van der Waals surface area (Å²) in [6, 6.07) is 7.35. The molecular formula is C19H17FN6. The van der Waals surface area contributed by atoms with E-state index in [9.17, 15) is 9.65 Å². The van der Waals surface area contributed by atoms with Crippen molar-refractivity contribution in [2.24, 2.45) is 0 Å². The minimum Gasteiger partial charge on any atom is -0.239 e. The highest BCUT2D eigenvalue weighted by Crippen LogP contribution is 2.39. The van der Waals surface area contributed by atoms with Crippen molar-refractivity contribution in [3.63, 3.8) is 0 Å². The van der Waals surface area contributed by atoms with Crippen LogP contribution in [-0.2, 0) is 0 Å². The lowest BCUT2D eigenvalue weighted by molar-refractivity contribution is 0.327. The second-order valence-electron chi connectivity index (χ2n) is 6.28. The maximum atomic E-state index is 14.5. The zero-order valence-electron chi connectivity index (χ0n) is 14.5. The molecule has 0 radical (unpaired) electrons. The molecule has 0 N–H and O–H groups in total. The Balaban J connectivity index is 1.80. The Bertz CT molecular complexity index is 1080. The third-order valence-electron chi connectivity index (χ3n) is 4.65. The van der Waals surface area contributed by atoms with Crippen molar-refractivity contribution in [3.05, 3.63) is 59.6 Å². The fourth-order valence-corrected chi connectivity index (χ4v) is 3.30. The van der Waals surface area contributed by atoms with Gasteiger partial charge in [0.1, 0.15) is 0 Å². The first-order valence-corrected chi connectivity index (χ1v) is 8.41. The molecule has 2 atom stereocenters. The van der Waals surface area contributed by atoms with Crippen LogP contribution < -0.4 is 0 Å². The fraction of sp³-hybridized carbons (Fsp3) is 0.263. The van der Waals surface area contributed by atoms with E-state index in [0.29, 0.717) is 23.8 Å². The summed E-state index contributed by atoms with van der Waals surface area (Å²) in [5, 5.41) is 18.8. The molecule has 4 rings (SSSR count). The number of hydrogen-bond acceptors (Lipinski definition) is 4. The van der Waals surface area contributed by atoms with E-state index in [4.69, 9.17) is 0 Å².